The van der Waals surface area contributed by atoms with Crippen molar-refractivity contribution in [3.8, 4) is 0 Å². The van der Waals surface area contributed by atoms with Crippen LogP contribution in [0.15, 0.2) is 66.7 Å². The molecular formula is C28H26ClFN2O. The summed E-state index contributed by atoms with van der Waals surface area (Å²) in [4.78, 5) is 18.5. The van der Waals surface area contributed by atoms with E-state index in [2.05, 4.69) is 37.1 Å². The Morgan fingerprint density at radius 2 is 1.79 bits per heavy atom. The van der Waals surface area contributed by atoms with Crippen molar-refractivity contribution in [2.24, 2.45) is 0 Å². The minimum Gasteiger partial charge on any atom is -0.306 e. The van der Waals surface area contributed by atoms with E-state index in [0.717, 1.165) is 30.8 Å². The van der Waals surface area contributed by atoms with Crippen molar-refractivity contribution in [1.29, 1.82) is 0 Å². The van der Waals surface area contributed by atoms with Crippen molar-refractivity contribution < 1.29 is 9.18 Å². The summed E-state index contributed by atoms with van der Waals surface area (Å²) in [7, 11) is 2.14. The first-order valence-electron chi connectivity index (χ1n) is 11.3. The van der Waals surface area contributed by atoms with Gasteiger partial charge < -0.3 is 9.80 Å². The van der Waals surface area contributed by atoms with Gasteiger partial charge in [-0.2, -0.15) is 0 Å². The summed E-state index contributed by atoms with van der Waals surface area (Å²) in [6.45, 7) is 3.97. The van der Waals surface area contributed by atoms with Crippen molar-refractivity contribution in [1.82, 2.24) is 4.90 Å². The maximum absolute atomic E-state index is 14.2. The Morgan fingerprint density at radius 1 is 1.06 bits per heavy atom. The number of carbonyl (C=O) groups excluding carboxylic acids is 1. The van der Waals surface area contributed by atoms with Gasteiger partial charge in [0.2, 0.25) is 0 Å². The topological polar surface area (TPSA) is 23.6 Å². The number of likely N-dealkylation sites (tertiary alicyclic amines) is 1. The molecule has 3 aromatic rings. The molecule has 2 heterocycles. The maximum Gasteiger partial charge on any atom is 0.259 e. The lowest BCUT2D eigenvalue weighted by Gasteiger charge is -2.36. The average molecular weight is 461 g/mol. The molecule has 33 heavy (non-hydrogen) atoms. The zero-order valence-electron chi connectivity index (χ0n) is 18.8. The Bertz CT molecular complexity index is 1220. The molecule has 1 saturated heterocycles. The molecule has 5 rings (SSSR count). The van der Waals surface area contributed by atoms with E-state index in [1.165, 1.54) is 23.3 Å². The number of amides is 1. The van der Waals surface area contributed by atoms with E-state index in [9.17, 15) is 9.18 Å². The zero-order chi connectivity index (χ0) is 23.1. The third kappa shape index (κ3) is 4.21. The number of halogens is 2. The number of benzene rings is 3. The van der Waals surface area contributed by atoms with Crippen LogP contribution in [-0.4, -0.2) is 37.0 Å². The Labute approximate surface area is 199 Å². The number of likely N-dealkylation sites (N-methyl/N-ethyl adjacent to an activating group) is 1. The van der Waals surface area contributed by atoms with Crippen LogP contribution in [0.5, 0.6) is 0 Å². The molecule has 0 aromatic heterocycles. The number of fused-ring (bicyclic) bond motifs is 3. The molecule has 1 fully saturated rings. The van der Waals surface area contributed by atoms with Gasteiger partial charge in [0.25, 0.3) is 5.91 Å². The first kappa shape index (κ1) is 21.9. The van der Waals surface area contributed by atoms with Crippen molar-refractivity contribution >= 4 is 34.8 Å². The summed E-state index contributed by atoms with van der Waals surface area (Å²) in [5.41, 5.74) is 5.54. The number of aryl methyl sites for hydroxylation is 1. The Kier molecular flexibility index (Phi) is 5.81. The monoisotopic (exact) mass is 460 g/mol. The summed E-state index contributed by atoms with van der Waals surface area (Å²) < 4.78 is 13.7. The van der Waals surface area contributed by atoms with Gasteiger partial charge in [-0.05, 0) is 80.0 Å². The second kappa shape index (κ2) is 8.77. The molecule has 5 heteroatoms. The van der Waals surface area contributed by atoms with E-state index in [-0.39, 0.29) is 23.7 Å². The summed E-state index contributed by atoms with van der Waals surface area (Å²) in [5.74, 6) is -0.0965. The SMILES string of the molecule is Cc1ccc2c(c1)C1CN(C)CCC1N2C(=O)C(=Cc1ccc(Cl)cc1)c1ccc(F)cc1. The minimum atomic E-state index is -0.325. The van der Waals surface area contributed by atoms with E-state index in [4.69, 9.17) is 11.6 Å². The molecule has 0 radical (unpaired) electrons. The highest BCUT2D eigenvalue weighted by Gasteiger charge is 2.44. The number of hydrogen-bond donors (Lipinski definition) is 0. The number of carbonyl (C=O) groups is 1. The third-order valence-electron chi connectivity index (χ3n) is 6.74. The van der Waals surface area contributed by atoms with E-state index in [1.807, 2.05) is 23.1 Å². The molecule has 1 amide bonds. The van der Waals surface area contributed by atoms with E-state index < -0.39 is 0 Å². The van der Waals surface area contributed by atoms with Crippen molar-refractivity contribution in [2.75, 3.05) is 25.0 Å². The number of anilines is 1. The van der Waals surface area contributed by atoms with Gasteiger partial charge in [-0.1, -0.05) is 53.6 Å². The van der Waals surface area contributed by atoms with E-state index in [1.54, 1.807) is 24.3 Å². The maximum atomic E-state index is 14.2. The van der Waals surface area contributed by atoms with Crippen LogP contribution < -0.4 is 4.90 Å². The highest BCUT2D eigenvalue weighted by molar-refractivity contribution is 6.31. The molecule has 168 valence electrons. The lowest BCUT2D eigenvalue weighted by molar-refractivity contribution is -0.113. The van der Waals surface area contributed by atoms with Crippen LogP contribution in [0.2, 0.25) is 5.02 Å². The number of nitrogens with zero attached hydrogens (tertiary/aromatic N) is 2. The highest BCUT2D eigenvalue weighted by atomic mass is 35.5. The average Bonchev–Trinajstić information content (AvgIpc) is 3.12. The van der Waals surface area contributed by atoms with Crippen LogP contribution in [0.4, 0.5) is 10.1 Å². The molecular weight excluding hydrogens is 435 g/mol. The van der Waals surface area contributed by atoms with Gasteiger partial charge in [0.05, 0.1) is 0 Å². The molecule has 3 aromatic carbocycles. The molecule has 2 atom stereocenters. The van der Waals surface area contributed by atoms with Gasteiger partial charge in [0.15, 0.2) is 0 Å². The fraction of sp³-hybridized carbons (Fsp3) is 0.250. The predicted molar refractivity (Wildman–Crippen MR) is 133 cm³/mol. The molecule has 0 N–H and O–H groups in total. The number of hydrogen-bond acceptors (Lipinski definition) is 2. The molecule has 0 saturated carbocycles. The van der Waals surface area contributed by atoms with Gasteiger partial charge in [-0.3, -0.25) is 4.79 Å². The number of rotatable bonds is 3. The first-order chi connectivity index (χ1) is 15.9. The molecule has 0 aliphatic carbocycles. The van der Waals surface area contributed by atoms with Crippen LogP contribution in [-0.2, 0) is 4.79 Å². The largest absolute Gasteiger partial charge is 0.306 e. The second-order valence-electron chi connectivity index (χ2n) is 9.08. The third-order valence-corrected chi connectivity index (χ3v) is 6.99. The Balaban J connectivity index is 1.62. The number of piperidine rings is 1. The van der Waals surface area contributed by atoms with Crippen LogP contribution in [0.1, 0.15) is 34.6 Å². The zero-order valence-corrected chi connectivity index (χ0v) is 19.5. The summed E-state index contributed by atoms with van der Waals surface area (Å²) >= 11 is 6.06. The summed E-state index contributed by atoms with van der Waals surface area (Å²) in [6, 6.07) is 20.0. The fourth-order valence-corrected chi connectivity index (χ4v) is 5.23. The van der Waals surface area contributed by atoms with Gasteiger partial charge in [-0.15, -0.1) is 0 Å². The highest BCUT2D eigenvalue weighted by Crippen LogP contribution is 2.46. The standard InChI is InChI=1S/C28H26ClFN2O/c1-18-3-12-26-24(15-18)25-17-31(2)14-13-27(25)32(26)28(33)23(20-6-10-22(30)11-7-20)16-19-4-8-21(29)9-5-19/h3-12,15-16,25,27H,13-14,17H2,1-2H3. The lowest BCUT2D eigenvalue weighted by Crippen LogP contribution is -2.47. The Hall–Kier alpha value is -2.95. The van der Waals surface area contributed by atoms with Crippen molar-refractivity contribution in [3.63, 3.8) is 0 Å². The molecule has 0 bridgehead atoms. The first-order valence-corrected chi connectivity index (χ1v) is 11.6. The summed E-state index contributed by atoms with van der Waals surface area (Å²) in [6.07, 6.45) is 2.79. The molecule has 3 nitrogen and oxygen atoms in total. The smallest absolute Gasteiger partial charge is 0.259 e. The van der Waals surface area contributed by atoms with Gasteiger partial charge in [-0.25, -0.2) is 4.39 Å². The van der Waals surface area contributed by atoms with Gasteiger partial charge in [0, 0.05) is 34.8 Å². The van der Waals surface area contributed by atoms with Gasteiger partial charge in [0.1, 0.15) is 5.82 Å². The second-order valence-corrected chi connectivity index (χ2v) is 9.52. The normalized spacial score (nSPS) is 20.5. The predicted octanol–water partition coefficient (Wildman–Crippen LogP) is 6.16. The molecule has 2 aliphatic heterocycles. The summed E-state index contributed by atoms with van der Waals surface area (Å²) in [5, 5.41) is 0.639. The van der Waals surface area contributed by atoms with Crippen LogP contribution >= 0.6 is 11.6 Å². The van der Waals surface area contributed by atoms with Crippen molar-refractivity contribution in [2.45, 2.75) is 25.3 Å². The van der Waals surface area contributed by atoms with Crippen molar-refractivity contribution in [3.05, 3.63) is 99.8 Å². The quantitative estimate of drug-likeness (QED) is 0.345. The van der Waals surface area contributed by atoms with Crippen LogP contribution in [0.3, 0.4) is 0 Å². The Morgan fingerprint density at radius 3 is 2.52 bits per heavy atom. The fourth-order valence-electron chi connectivity index (χ4n) is 5.10. The molecule has 2 unspecified atom stereocenters. The van der Waals surface area contributed by atoms with Crippen LogP contribution in [0.25, 0.3) is 11.6 Å². The van der Waals surface area contributed by atoms with E-state index in [0.29, 0.717) is 16.2 Å². The van der Waals surface area contributed by atoms with E-state index >= 15 is 0 Å². The lowest BCUT2D eigenvalue weighted by atomic mass is 9.88. The van der Waals surface area contributed by atoms with Gasteiger partial charge >= 0.3 is 0 Å². The molecule has 0 spiro atoms. The van der Waals surface area contributed by atoms with Crippen LogP contribution in [0, 0.1) is 12.7 Å². The molecule has 2 aliphatic rings. The minimum absolute atomic E-state index is 0.0567.